The number of carbonyl (C=O) groups is 1. The maximum atomic E-state index is 13.0. The maximum Gasteiger partial charge on any atom is 0.416 e. The molecule has 6 nitrogen and oxygen atoms in total. The van der Waals surface area contributed by atoms with Crippen molar-refractivity contribution in [3.05, 3.63) is 41.2 Å². The van der Waals surface area contributed by atoms with Gasteiger partial charge in [0.2, 0.25) is 0 Å². The third-order valence-electron chi connectivity index (χ3n) is 4.36. The Kier molecular flexibility index (Phi) is 4.99. The predicted octanol–water partition coefficient (Wildman–Crippen LogP) is 2.50. The number of aromatic nitrogens is 3. The van der Waals surface area contributed by atoms with Crippen LogP contribution in [0, 0.1) is 0 Å². The van der Waals surface area contributed by atoms with Gasteiger partial charge < -0.3 is 10.6 Å². The minimum atomic E-state index is -4.44. The van der Waals surface area contributed by atoms with E-state index in [1.165, 1.54) is 16.8 Å². The first kappa shape index (κ1) is 18.4. The number of alkyl halides is 3. The van der Waals surface area contributed by atoms with E-state index in [1.807, 2.05) is 6.92 Å². The molecule has 0 spiro atoms. The van der Waals surface area contributed by atoms with Gasteiger partial charge in [-0.15, -0.1) is 5.10 Å². The summed E-state index contributed by atoms with van der Waals surface area (Å²) in [5.74, 6) is -0.283. The van der Waals surface area contributed by atoms with E-state index in [1.54, 1.807) is 7.05 Å². The molecule has 0 saturated heterocycles. The van der Waals surface area contributed by atoms with E-state index < -0.39 is 11.7 Å². The van der Waals surface area contributed by atoms with Gasteiger partial charge in [-0.25, -0.2) is 4.68 Å². The van der Waals surface area contributed by atoms with Gasteiger partial charge in [0.15, 0.2) is 5.69 Å². The van der Waals surface area contributed by atoms with Gasteiger partial charge in [-0.1, -0.05) is 11.3 Å². The molecule has 1 unspecified atom stereocenters. The van der Waals surface area contributed by atoms with Crippen LogP contribution in [0.25, 0.3) is 5.69 Å². The van der Waals surface area contributed by atoms with E-state index in [-0.39, 0.29) is 29.2 Å². The Bertz CT molecular complexity index is 798. The normalized spacial score (nSPS) is 15.7. The highest BCUT2D eigenvalue weighted by molar-refractivity contribution is 5.93. The smallest absolute Gasteiger partial charge is 0.349 e. The summed E-state index contributed by atoms with van der Waals surface area (Å²) in [5, 5.41) is 13.7. The van der Waals surface area contributed by atoms with Crippen molar-refractivity contribution in [2.24, 2.45) is 0 Å². The van der Waals surface area contributed by atoms with Crippen LogP contribution in [0.5, 0.6) is 0 Å². The van der Waals surface area contributed by atoms with Crippen molar-refractivity contribution in [1.82, 2.24) is 25.6 Å². The van der Waals surface area contributed by atoms with Gasteiger partial charge in [0, 0.05) is 18.5 Å². The fraction of sp³-hybridized carbons (Fsp3) is 0.471. The van der Waals surface area contributed by atoms with E-state index in [2.05, 4.69) is 20.9 Å². The second-order valence-corrected chi connectivity index (χ2v) is 6.46. The summed E-state index contributed by atoms with van der Waals surface area (Å²) in [6, 6.07) is 4.96. The van der Waals surface area contributed by atoms with Crippen LogP contribution < -0.4 is 10.6 Å². The lowest BCUT2D eigenvalue weighted by molar-refractivity contribution is -0.137. The summed E-state index contributed by atoms with van der Waals surface area (Å²) < 4.78 is 40.3. The third-order valence-corrected chi connectivity index (χ3v) is 4.36. The molecule has 1 saturated carbocycles. The molecule has 3 rings (SSSR count). The van der Waals surface area contributed by atoms with Crippen molar-refractivity contribution in [1.29, 1.82) is 0 Å². The summed E-state index contributed by atoms with van der Waals surface area (Å²) in [6.45, 7) is 2.33. The molecule has 0 aliphatic heterocycles. The van der Waals surface area contributed by atoms with Gasteiger partial charge in [0.25, 0.3) is 5.91 Å². The number of amides is 1. The molecule has 1 amide bonds. The molecule has 2 N–H and O–H groups in total. The number of likely N-dealkylation sites (N-methyl/N-ethyl adjacent to an activating group) is 1. The first-order valence-electron chi connectivity index (χ1n) is 8.40. The molecule has 26 heavy (non-hydrogen) atoms. The molecule has 1 atom stereocenters. The summed E-state index contributed by atoms with van der Waals surface area (Å²) in [5.41, 5.74) is 0.227. The first-order chi connectivity index (χ1) is 12.3. The summed E-state index contributed by atoms with van der Waals surface area (Å²) >= 11 is 0. The second kappa shape index (κ2) is 7.06. The number of benzene rings is 1. The number of rotatable bonds is 6. The lowest BCUT2D eigenvalue weighted by atomic mass is 10.1. The molecule has 1 aliphatic rings. The van der Waals surface area contributed by atoms with Crippen LogP contribution in [0.3, 0.4) is 0 Å². The highest BCUT2D eigenvalue weighted by Crippen LogP contribution is 2.42. The number of hydrogen-bond donors (Lipinski definition) is 2. The molecule has 1 aromatic carbocycles. The average Bonchev–Trinajstić information content (AvgIpc) is 3.36. The zero-order valence-electron chi connectivity index (χ0n) is 14.5. The average molecular weight is 367 g/mol. The summed E-state index contributed by atoms with van der Waals surface area (Å²) in [7, 11) is 1.79. The summed E-state index contributed by atoms with van der Waals surface area (Å²) in [4.78, 5) is 12.5. The van der Waals surface area contributed by atoms with Gasteiger partial charge in [-0.2, -0.15) is 13.2 Å². The van der Waals surface area contributed by atoms with Crippen LogP contribution >= 0.6 is 0 Å². The van der Waals surface area contributed by atoms with Crippen LogP contribution in [-0.4, -0.2) is 40.5 Å². The Morgan fingerprint density at radius 2 is 2.12 bits per heavy atom. The fourth-order valence-electron chi connectivity index (χ4n) is 2.61. The van der Waals surface area contributed by atoms with E-state index in [4.69, 9.17) is 0 Å². The van der Waals surface area contributed by atoms with Crippen LogP contribution in [0.1, 0.15) is 47.4 Å². The second-order valence-electron chi connectivity index (χ2n) is 6.46. The van der Waals surface area contributed by atoms with Crippen molar-refractivity contribution < 1.29 is 18.0 Å². The van der Waals surface area contributed by atoms with Crippen molar-refractivity contribution in [3.63, 3.8) is 0 Å². The topological polar surface area (TPSA) is 71.8 Å². The summed E-state index contributed by atoms with van der Waals surface area (Å²) in [6.07, 6.45) is -2.72. The third kappa shape index (κ3) is 3.87. The van der Waals surface area contributed by atoms with Gasteiger partial charge >= 0.3 is 6.18 Å². The van der Waals surface area contributed by atoms with Gasteiger partial charge in [-0.3, -0.25) is 4.79 Å². The fourth-order valence-corrected chi connectivity index (χ4v) is 2.61. The SMILES string of the molecule is CNC(C)CNC(=O)c1nnn(-c2cccc(C(F)(F)F)c2)c1C1CC1. The van der Waals surface area contributed by atoms with Crippen LogP contribution in [0.4, 0.5) is 13.2 Å². The lowest BCUT2D eigenvalue weighted by Gasteiger charge is -2.12. The highest BCUT2D eigenvalue weighted by Gasteiger charge is 2.35. The Morgan fingerprint density at radius 1 is 1.38 bits per heavy atom. The highest BCUT2D eigenvalue weighted by atomic mass is 19.4. The molecular formula is C17H20F3N5O. The Hall–Kier alpha value is -2.42. The van der Waals surface area contributed by atoms with Crippen LogP contribution in [0.2, 0.25) is 0 Å². The Labute approximate surface area is 148 Å². The minimum absolute atomic E-state index is 0.0850. The number of nitrogens with zero attached hydrogens (tertiary/aromatic N) is 3. The van der Waals surface area contributed by atoms with E-state index in [9.17, 15) is 18.0 Å². The zero-order valence-corrected chi connectivity index (χ0v) is 14.5. The first-order valence-corrected chi connectivity index (χ1v) is 8.40. The molecule has 2 aromatic rings. The monoisotopic (exact) mass is 367 g/mol. The van der Waals surface area contributed by atoms with Crippen molar-refractivity contribution >= 4 is 5.91 Å². The number of hydrogen-bond acceptors (Lipinski definition) is 4. The minimum Gasteiger partial charge on any atom is -0.349 e. The lowest BCUT2D eigenvalue weighted by Crippen LogP contribution is -2.37. The van der Waals surface area contributed by atoms with E-state index in [0.717, 1.165) is 25.0 Å². The van der Waals surface area contributed by atoms with E-state index >= 15 is 0 Å². The molecule has 0 bridgehead atoms. The zero-order chi connectivity index (χ0) is 18.9. The van der Waals surface area contributed by atoms with Gasteiger partial charge in [-0.05, 0) is 45.0 Å². The molecule has 9 heteroatoms. The van der Waals surface area contributed by atoms with Crippen molar-refractivity contribution in [2.45, 2.75) is 37.9 Å². The molecule has 140 valence electrons. The molecule has 1 aliphatic carbocycles. The Morgan fingerprint density at radius 3 is 2.73 bits per heavy atom. The molecule has 0 radical (unpaired) electrons. The molecule has 1 fully saturated rings. The number of halogens is 3. The molecule has 1 heterocycles. The Balaban J connectivity index is 1.92. The quantitative estimate of drug-likeness (QED) is 0.823. The van der Waals surface area contributed by atoms with Gasteiger partial charge in [0.05, 0.1) is 16.9 Å². The number of carbonyl (C=O) groups excluding carboxylic acids is 1. The van der Waals surface area contributed by atoms with Gasteiger partial charge in [0.1, 0.15) is 0 Å². The van der Waals surface area contributed by atoms with E-state index in [0.29, 0.717) is 12.2 Å². The maximum absolute atomic E-state index is 13.0. The van der Waals surface area contributed by atoms with Crippen LogP contribution in [-0.2, 0) is 6.18 Å². The van der Waals surface area contributed by atoms with Crippen molar-refractivity contribution in [2.75, 3.05) is 13.6 Å². The predicted molar refractivity (Wildman–Crippen MR) is 89.2 cm³/mol. The largest absolute Gasteiger partial charge is 0.416 e. The molecular weight excluding hydrogens is 347 g/mol. The number of nitrogens with one attached hydrogen (secondary N) is 2. The van der Waals surface area contributed by atoms with Crippen molar-refractivity contribution in [3.8, 4) is 5.69 Å². The molecule has 1 aromatic heterocycles. The standard InChI is InChI=1S/C17H20F3N5O/c1-10(21-2)9-22-16(26)14-15(11-6-7-11)25(24-23-14)13-5-3-4-12(8-13)17(18,19)20/h3-5,8,10-11,21H,6-7,9H2,1-2H3,(H,22,26). The van der Waals surface area contributed by atoms with Crippen LogP contribution in [0.15, 0.2) is 24.3 Å².